The van der Waals surface area contributed by atoms with Gasteiger partial charge in [-0.25, -0.2) is 0 Å². The van der Waals surface area contributed by atoms with Crippen molar-refractivity contribution >= 4 is 5.78 Å². The first-order valence-corrected chi connectivity index (χ1v) is 6.63. The molecule has 17 heavy (non-hydrogen) atoms. The van der Waals surface area contributed by atoms with Gasteiger partial charge in [-0.3, -0.25) is 4.79 Å². The number of aliphatic hydroxyl groups is 1. The summed E-state index contributed by atoms with van der Waals surface area (Å²) in [4.78, 5) is 11.6. The maximum atomic E-state index is 11.6. The van der Waals surface area contributed by atoms with Crippen molar-refractivity contribution in [2.24, 2.45) is 5.41 Å². The van der Waals surface area contributed by atoms with Crippen LogP contribution >= 0.6 is 0 Å². The minimum Gasteiger partial charge on any atom is -0.393 e. The van der Waals surface area contributed by atoms with Crippen LogP contribution < -0.4 is 5.32 Å². The third-order valence-electron chi connectivity index (χ3n) is 3.69. The smallest absolute Gasteiger partial charge is 0.157 e. The van der Waals surface area contributed by atoms with Crippen molar-refractivity contribution in [1.82, 2.24) is 5.32 Å². The molecule has 0 heterocycles. The van der Waals surface area contributed by atoms with Crippen LogP contribution in [-0.4, -0.2) is 23.0 Å². The average molecular weight is 237 g/mol. The number of nitrogens with one attached hydrogen (secondary N) is 1. The summed E-state index contributed by atoms with van der Waals surface area (Å²) in [7, 11) is 0. The van der Waals surface area contributed by atoms with E-state index in [9.17, 15) is 9.90 Å². The molecule has 0 bridgehead atoms. The molecule has 2 aliphatic rings. The standard InChI is InChI=1S/C14H23NO2/c1-14(2)8-11(7-13(17)9-14)15-10-4-3-5-12(16)6-10/h7,10,12,15-16H,3-6,8-9H2,1-2H3/t10-,12+/m1/s1. The maximum absolute atomic E-state index is 11.6. The molecule has 0 aromatic heterocycles. The lowest BCUT2D eigenvalue weighted by Gasteiger charge is -2.33. The van der Waals surface area contributed by atoms with Crippen molar-refractivity contribution in [3.63, 3.8) is 0 Å². The zero-order chi connectivity index (χ0) is 12.5. The minimum atomic E-state index is -0.172. The van der Waals surface area contributed by atoms with Crippen molar-refractivity contribution in [2.45, 2.75) is 64.5 Å². The molecule has 0 amide bonds. The number of carbonyl (C=O) groups is 1. The van der Waals surface area contributed by atoms with Crippen molar-refractivity contribution in [3.8, 4) is 0 Å². The minimum absolute atomic E-state index is 0.0709. The van der Waals surface area contributed by atoms with Gasteiger partial charge in [0.2, 0.25) is 0 Å². The van der Waals surface area contributed by atoms with Crippen LogP contribution in [0.15, 0.2) is 11.8 Å². The van der Waals surface area contributed by atoms with E-state index in [-0.39, 0.29) is 17.3 Å². The van der Waals surface area contributed by atoms with E-state index < -0.39 is 0 Å². The van der Waals surface area contributed by atoms with Crippen LogP contribution in [0.2, 0.25) is 0 Å². The summed E-state index contributed by atoms with van der Waals surface area (Å²) < 4.78 is 0. The highest BCUT2D eigenvalue weighted by atomic mass is 16.3. The molecular formula is C14H23NO2. The molecule has 0 aromatic carbocycles. The second-order valence-corrected chi connectivity index (χ2v) is 6.32. The van der Waals surface area contributed by atoms with Crippen molar-refractivity contribution in [3.05, 3.63) is 11.8 Å². The van der Waals surface area contributed by atoms with Crippen LogP contribution in [0.25, 0.3) is 0 Å². The highest BCUT2D eigenvalue weighted by molar-refractivity contribution is 5.91. The molecule has 0 unspecified atom stereocenters. The predicted molar refractivity (Wildman–Crippen MR) is 67.5 cm³/mol. The number of aliphatic hydroxyl groups excluding tert-OH is 1. The molecular weight excluding hydrogens is 214 g/mol. The summed E-state index contributed by atoms with van der Waals surface area (Å²) in [6.07, 6.45) is 7.07. The molecule has 2 N–H and O–H groups in total. The molecule has 0 saturated heterocycles. The summed E-state index contributed by atoms with van der Waals surface area (Å²) in [5.41, 5.74) is 1.13. The maximum Gasteiger partial charge on any atom is 0.157 e. The molecule has 1 saturated carbocycles. The van der Waals surface area contributed by atoms with Gasteiger partial charge in [0.05, 0.1) is 6.10 Å². The Labute approximate surface area is 103 Å². The SMILES string of the molecule is CC1(C)CC(=O)C=C(N[C@@H]2CCC[C@H](O)C2)C1. The van der Waals surface area contributed by atoms with Crippen molar-refractivity contribution in [1.29, 1.82) is 0 Å². The van der Waals surface area contributed by atoms with E-state index in [1.54, 1.807) is 6.08 Å². The van der Waals surface area contributed by atoms with Crippen molar-refractivity contribution < 1.29 is 9.90 Å². The lowest BCUT2D eigenvalue weighted by atomic mass is 9.78. The average Bonchev–Trinajstić information content (AvgIpc) is 2.13. The summed E-state index contributed by atoms with van der Waals surface area (Å²) in [5, 5.41) is 13.1. The van der Waals surface area contributed by atoms with Gasteiger partial charge in [0.15, 0.2) is 5.78 Å². The lowest BCUT2D eigenvalue weighted by molar-refractivity contribution is -0.117. The monoisotopic (exact) mass is 237 g/mol. The van der Waals surface area contributed by atoms with Gasteiger partial charge in [0, 0.05) is 24.2 Å². The van der Waals surface area contributed by atoms with Gasteiger partial charge in [-0.1, -0.05) is 13.8 Å². The first-order valence-electron chi connectivity index (χ1n) is 6.63. The van der Waals surface area contributed by atoms with E-state index in [0.29, 0.717) is 12.5 Å². The Morgan fingerprint density at radius 1 is 1.35 bits per heavy atom. The van der Waals surface area contributed by atoms with Crippen LogP contribution in [0.3, 0.4) is 0 Å². The van der Waals surface area contributed by atoms with Gasteiger partial charge in [-0.15, -0.1) is 0 Å². The van der Waals surface area contributed by atoms with Crippen LogP contribution in [0.4, 0.5) is 0 Å². The Balaban J connectivity index is 1.96. The number of hydrogen-bond acceptors (Lipinski definition) is 3. The molecule has 3 heteroatoms. The number of ketones is 1. The zero-order valence-corrected chi connectivity index (χ0v) is 10.8. The number of allylic oxidation sites excluding steroid dienone is 2. The highest BCUT2D eigenvalue weighted by Crippen LogP contribution is 2.33. The molecule has 2 rings (SSSR count). The molecule has 1 fully saturated rings. The van der Waals surface area contributed by atoms with Gasteiger partial charge in [-0.2, -0.15) is 0 Å². The van der Waals surface area contributed by atoms with Gasteiger partial charge >= 0.3 is 0 Å². The normalized spacial score (nSPS) is 33.1. The first kappa shape index (κ1) is 12.6. The molecule has 3 nitrogen and oxygen atoms in total. The first-order chi connectivity index (χ1) is 7.94. The van der Waals surface area contributed by atoms with E-state index in [2.05, 4.69) is 19.2 Å². The largest absolute Gasteiger partial charge is 0.393 e. The van der Waals surface area contributed by atoms with Gasteiger partial charge < -0.3 is 10.4 Å². The fraction of sp³-hybridized carbons (Fsp3) is 0.786. The van der Waals surface area contributed by atoms with E-state index in [1.165, 1.54) is 0 Å². The fourth-order valence-electron chi connectivity index (χ4n) is 3.00. The number of rotatable bonds is 2. The van der Waals surface area contributed by atoms with Gasteiger partial charge in [-0.05, 0) is 37.5 Å². The summed E-state index contributed by atoms with van der Waals surface area (Å²) in [6.45, 7) is 4.27. The molecule has 0 aliphatic heterocycles. The van der Waals surface area contributed by atoms with Crippen LogP contribution in [-0.2, 0) is 4.79 Å². The molecule has 0 spiro atoms. The Morgan fingerprint density at radius 2 is 2.12 bits per heavy atom. The van der Waals surface area contributed by atoms with E-state index in [0.717, 1.165) is 37.8 Å². The van der Waals surface area contributed by atoms with E-state index in [1.807, 2.05) is 0 Å². The Hall–Kier alpha value is -0.830. The molecule has 96 valence electrons. The molecule has 2 atom stereocenters. The number of carbonyl (C=O) groups excluding carboxylic acids is 1. The Morgan fingerprint density at radius 3 is 2.76 bits per heavy atom. The zero-order valence-electron chi connectivity index (χ0n) is 10.8. The lowest BCUT2D eigenvalue weighted by Crippen LogP contribution is -2.38. The van der Waals surface area contributed by atoms with E-state index >= 15 is 0 Å². The van der Waals surface area contributed by atoms with Crippen LogP contribution in [0.5, 0.6) is 0 Å². The molecule has 2 aliphatic carbocycles. The number of hydrogen-bond donors (Lipinski definition) is 2. The van der Waals surface area contributed by atoms with Crippen LogP contribution in [0.1, 0.15) is 52.4 Å². The van der Waals surface area contributed by atoms with Gasteiger partial charge in [0.25, 0.3) is 0 Å². The summed E-state index contributed by atoms with van der Waals surface area (Å²) in [5.74, 6) is 0.222. The topological polar surface area (TPSA) is 49.3 Å². The van der Waals surface area contributed by atoms with Crippen molar-refractivity contribution in [2.75, 3.05) is 0 Å². The summed E-state index contributed by atoms with van der Waals surface area (Å²) >= 11 is 0. The second-order valence-electron chi connectivity index (χ2n) is 6.32. The predicted octanol–water partition coefficient (Wildman–Crippen LogP) is 2.15. The third-order valence-corrected chi connectivity index (χ3v) is 3.69. The molecule has 0 radical (unpaired) electrons. The molecule has 0 aromatic rings. The van der Waals surface area contributed by atoms with Gasteiger partial charge in [0.1, 0.15) is 0 Å². The highest BCUT2D eigenvalue weighted by Gasteiger charge is 2.29. The van der Waals surface area contributed by atoms with E-state index in [4.69, 9.17) is 0 Å². The summed E-state index contributed by atoms with van der Waals surface area (Å²) in [6, 6.07) is 0.340. The fourth-order valence-corrected chi connectivity index (χ4v) is 3.00. The Kier molecular flexibility index (Phi) is 3.57. The quantitative estimate of drug-likeness (QED) is 0.773. The van der Waals surface area contributed by atoms with Crippen LogP contribution in [0, 0.1) is 5.41 Å². The Bertz CT molecular complexity index is 333. The third kappa shape index (κ3) is 3.56. The second kappa shape index (κ2) is 4.81.